The summed E-state index contributed by atoms with van der Waals surface area (Å²) in [5.74, 6) is -0.730. The molecule has 0 unspecified atom stereocenters. The van der Waals surface area contributed by atoms with Crippen LogP contribution in [0.1, 0.15) is 23.2 Å². The monoisotopic (exact) mass is 374 g/mol. The standard InChI is InChI=1S/C17H16ClFN6O/c18-11-3-4-12(20)14(19)13(11)17(26)22-9-7-10-15(21-8-9)23-24-16(10)25-5-1-2-6-25/h3-4,7-8H,1-2,5-6,20H2,(H,22,26)(H,21,23,24). The van der Waals surface area contributed by atoms with E-state index in [1.54, 1.807) is 6.07 Å². The highest BCUT2D eigenvalue weighted by Gasteiger charge is 2.21. The zero-order valence-corrected chi connectivity index (χ0v) is 14.5. The van der Waals surface area contributed by atoms with Crippen LogP contribution in [0.2, 0.25) is 5.02 Å². The first-order valence-electron chi connectivity index (χ1n) is 8.18. The fourth-order valence-corrected chi connectivity index (χ4v) is 3.33. The van der Waals surface area contributed by atoms with Crippen LogP contribution in [-0.2, 0) is 0 Å². The molecular weight excluding hydrogens is 359 g/mol. The lowest BCUT2D eigenvalue weighted by Crippen LogP contribution is -2.18. The maximum absolute atomic E-state index is 14.2. The van der Waals surface area contributed by atoms with Gasteiger partial charge in [0, 0.05) is 13.1 Å². The molecule has 0 atom stereocenters. The van der Waals surface area contributed by atoms with Crippen molar-refractivity contribution >= 4 is 45.7 Å². The molecule has 0 spiro atoms. The Balaban J connectivity index is 1.66. The number of carbonyl (C=O) groups is 1. The molecule has 3 aromatic rings. The minimum atomic E-state index is -0.842. The Hall–Kier alpha value is -2.87. The summed E-state index contributed by atoms with van der Waals surface area (Å²) in [6.45, 7) is 1.86. The fraction of sp³-hybridized carbons (Fsp3) is 0.235. The number of aromatic amines is 1. The Bertz CT molecular complexity index is 998. The van der Waals surface area contributed by atoms with E-state index in [4.69, 9.17) is 17.3 Å². The van der Waals surface area contributed by atoms with Crippen molar-refractivity contribution in [1.82, 2.24) is 15.2 Å². The van der Waals surface area contributed by atoms with Gasteiger partial charge in [-0.3, -0.25) is 9.89 Å². The number of hydrogen-bond acceptors (Lipinski definition) is 5. The van der Waals surface area contributed by atoms with E-state index in [-0.39, 0.29) is 16.3 Å². The van der Waals surface area contributed by atoms with Crippen molar-refractivity contribution in [2.24, 2.45) is 0 Å². The molecular formula is C17H16ClFN6O. The lowest BCUT2D eigenvalue weighted by atomic mass is 10.1. The molecule has 9 heteroatoms. The summed E-state index contributed by atoms with van der Waals surface area (Å²) in [7, 11) is 0. The first kappa shape index (κ1) is 16.6. The summed E-state index contributed by atoms with van der Waals surface area (Å²) in [5.41, 5.74) is 6.14. The number of aromatic nitrogens is 3. The maximum atomic E-state index is 14.2. The van der Waals surface area contributed by atoms with E-state index in [0.29, 0.717) is 11.3 Å². The number of amides is 1. The molecule has 0 aliphatic carbocycles. The Labute approximate surface area is 153 Å². The normalized spacial score (nSPS) is 14.2. The number of fused-ring (bicyclic) bond motifs is 1. The van der Waals surface area contributed by atoms with Crippen LogP contribution in [0.3, 0.4) is 0 Å². The predicted octanol–water partition coefficient (Wildman–Crippen LogP) is 3.19. The van der Waals surface area contributed by atoms with Crippen molar-refractivity contribution < 1.29 is 9.18 Å². The minimum Gasteiger partial charge on any atom is -0.396 e. The second kappa shape index (κ2) is 6.45. The van der Waals surface area contributed by atoms with Crippen LogP contribution in [-0.4, -0.2) is 34.2 Å². The second-order valence-corrected chi connectivity index (χ2v) is 6.55. The zero-order valence-electron chi connectivity index (χ0n) is 13.7. The third kappa shape index (κ3) is 2.82. The molecule has 0 radical (unpaired) electrons. The quantitative estimate of drug-likeness (QED) is 0.611. The van der Waals surface area contributed by atoms with Gasteiger partial charge in [-0.05, 0) is 31.0 Å². The molecule has 1 saturated heterocycles. The molecule has 134 valence electrons. The van der Waals surface area contributed by atoms with E-state index in [1.807, 2.05) is 0 Å². The number of hydrogen-bond donors (Lipinski definition) is 3. The van der Waals surface area contributed by atoms with Gasteiger partial charge in [0.2, 0.25) is 0 Å². The fourth-order valence-electron chi connectivity index (χ4n) is 3.10. The molecule has 26 heavy (non-hydrogen) atoms. The topological polar surface area (TPSA) is 99.9 Å². The molecule has 2 aromatic heterocycles. The Morgan fingerprint density at radius 2 is 2.12 bits per heavy atom. The molecule has 1 fully saturated rings. The second-order valence-electron chi connectivity index (χ2n) is 6.14. The van der Waals surface area contributed by atoms with E-state index in [2.05, 4.69) is 25.4 Å². The first-order chi connectivity index (χ1) is 12.5. The highest BCUT2D eigenvalue weighted by Crippen LogP contribution is 2.29. The van der Waals surface area contributed by atoms with Gasteiger partial charge in [0.1, 0.15) is 0 Å². The summed E-state index contributed by atoms with van der Waals surface area (Å²) >= 11 is 5.96. The maximum Gasteiger partial charge on any atom is 0.260 e. The van der Waals surface area contributed by atoms with Crippen molar-refractivity contribution in [3.05, 3.63) is 40.8 Å². The van der Waals surface area contributed by atoms with Crippen molar-refractivity contribution in [2.75, 3.05) is 29.0 Å². The van der Waals surface area contributed by atoms with Gasteiger partial charge in [0.25, 0.3) is 5.91 Å². The number of anilines is 3. The molecule has 0 bridgehead atoms. The van der Waals surface area contributed by atoms with Crippen molar-refractivity contribution in [1.29, 1.82) is 0 Å². The van der Waals surface area contributed by atoms with Gasteiger partial charge in [0.05, 0.1) is 33.5 Å². The smallest absolute Gasteiger partial charge is 0.260 e. The third-order valence-corrected chi connectivity index (χ3v) is 4.72. The van der Waals surface area contributed by atoms with Crippen LogP contribution < -0.4 is 16.0 Å². The Morgan fingerprint density at radius 3 is 2.88 bits per heavy atom. The summed E-state index contributed by atoms with van der Waals surface area (Å²) in [5, 5.41) is 10.6. The lowest BCUT2D eigenvalue weighted by molar-refractivity contribution is 0.102. The summed E-state index contributed by atoms with van der Waals surface area (Å²) < 4.78 is 14.2. The number of halogens is 2. The molecule has 1 aliphatic heterocycles. The van der Waals surface area contributed by atoms with Crippen LogP contribution in [0.5, 0.6) is 0 Å². The number of nitrogens with zero attached hydrogens (tertiary/aromatic N) is 3. The van der Waals surface area contributed by atoms with E-state index in [9.17, 15) is 9.18 Å². The number of rotatable bonds is 3. The van der Waals surface area contributed by atoms with Crippen molar-refractivity contribution in [2.45, 2.75) is 12.8 Å². The number of nitrogens with two attached hydrogens (primary N) is 1. The average Bonchev–Trinajstić information content (AvgIpc) is 3.27. The first-order valence-corrected chi connectivity index (χ1v) is 8.56. The van der Waals surface area contributed by atoms with Gasteiger partial charge in [-0.2, -0.15) is 5.10 Å². The molecule has 1 aromatic carbocycles. The van der Waals surface area contributed by atoms with E-state index >= 15 is 0 Å². The van der Waals surface area contributed by atoms with Gasteiger partial charge < -0.3 is 16.0 Å². The Morgan fingerprint density at radius 1 is 1.35 bits per heavy atom. The summed E-state index contributed by atoms with van der Waals surface area (Å²) in [4.78, 5) is 18.9. The molecule has 4 N–H and O–H groups in total. The third-order valence-electron chi connectivity index (χ3n) is 4.41. The van der Waals surface area contributed by atoms with Crippen LogP contribution in [0.25, 0.3) is 11.0 Å². The van der Waals surface area contributed by atoms with Gasteiger partial charge in [-0.25, -0.2) is 9.37 Å². The molecule has 1 amide bonds. The lowest BCUT2D eigenvalue weighted by Gasteiger charge is -2.14. The molecule has 4 rings (SSSR count). The number of nitrogens with one attached hydrogen (secondary N) is 2. The molecule has 3 heterocycles. The van der Waals surface area contributed by atoms with E-state index in [0.717, 1.165) is 37.1 Å². The molecule has 7 nitrogen and oxygen atoms in total. The Kier molecular flexibility index (Phi) is 4.12. The minimum absolute atomic E-state index is 0.00990. The SMILES string of the molecule is Nc1ccc(Cl)c(C(=O)Nc2cnc3[nH]nc(N4CCCC4)c3c2)c1F. The largest absolute Gasteiger partial charge is 0.396 e. The summed E-state index contributed by atoms with van der Waals surface area (Å²) in [6, 6.07) is 4.46. The highest BCUT2D eigenvalue weighted by atomic mass is 35.5. The number of carbonyl (C=O) groups excluding carboxylic acids is 1. The van der Waals surface area contributed by atoms with Crippen LogP contribution >= 0.6 is 11.6 Å². The molecule has 1 aliphatic rings. The van der Waals surface area contributed by atoms with Crippen LogP contribution in [0.4, 0.5) is 21.6 Å². The van der Waals surface area contributed by atoms with E-state index < -0.39 is 11.7 Å². The van der Waals surface area contributed by atoms with Crippen molar-refractivity contribution in [3.8, 4) is 0 Å². The van der Waals surface area contributed by atoms with Gasteiger partial charge in [-0.1, -0.05) is 11.6 Å². The van der Waals surface area contributed by atoms with Crippen molar-refractivity contribution in [3.63, 3.8) is 0 Å². The number of pyridine rings is 1. The van der Waals surface area contributed by atoms with Gasteiger partial charge in [0.15, 0.2) is 17.3 Å². The van der Waals surface area contributed by atoms with Crippen LogP contribution in [0.15, 0.2) is 24.4 Å². The number of H-pyrrole nitrogens is 1. The van der Waals surface area contributed by atoms with Crippen LogP contribution in [0, 0.1) is 5.82 Å². The van der Waals surface area contributed by atoms with Gasteiger partial charge in [-0.15, -0.1) is 0 Å². The zero-order chi connectivity index (χ0) is 18.3. The average molecular weight is 375 g/mol. The highest BCUT2D eigenvalue weighted by molar-refractivity contribution is 6.34. The summed E-state index contributed by atoms with van der Waals surface area (Å²) in [6.07, 6.45) is 3.71. The number of benzene rings is 1. The predicted molar refractivity (Wildman–Crippen MR) is 99.1 cm³/mol. The van der Waals surface area contributed by atoms with E-state index in [1.165, 1.54) is 18.3 Å². The number of nitrogen functional groups attached to an aromatic ring is 1. The molecule has 0 saturated carbocycles. The van der Waals surface area contributed by atoms with Gasteiger partial charge >= 0.3 is 0 Å².